The normalized spacial score (nSPS) is 12.5. The van der Waals surface area contributed by atoms with E-state index in [0.29, 0.717) is 24.8 Å². The van der Waals surface area contributed by atoms with E-state index in [0.717, 1.165) is 0 Å². The molecule has 0 aliphatic carbocycles. The molecule has 1 N–H and O–H groups in total. The molecule has 0 saturated heterocycles. The van der Waals surface area contributed by atoms with Crippen LogP contribution in [0.3, 0.4) is 0 Å². The molecule has 0 amide bonds. The van der Waals surface area contributed by atoms with E-state index in [1.54, 1.807) is 30.3 Å². The average Bonchev–Trinajstić information content (AvgIpc) is 2.38. The first kappa shape index (κ1) is 15.0. The Bertz CT molecular complexity index is 442. The topological polar surface area (TPSA) is 80.4 Å². The van der Waals surface area contributed by atoms with Gasteiger partial charge < -0.3 is 5.11 Å². The van der Waals surface area contributed by atoms with Gasteiger partial charge in [0.15, 0.2) is 5.78 Å². The third kappa shape index (κ3) is 6.47. The van der Waals surface area contributed by atoms with Gasteiger partial charge in [0.1, 0.15) is 6.10 Å². The number of hydrogen-bond acceptors (Lipinski definition) is 4. The van der Waals surface area contributed by atoms with Gasteiger partial charge in [0.25, 0.3) is 0 Å². The summed E-state index contributed by atoms with van der Waals surface area (Å²) >= 11 is 0. The Morgan fingerprint density at radius 1 is 1.37 bits per heavy atom. The van der Waals surface area contributed by atoms with Gasteiger partial charge in [-0.1, -0.05) is 36.4 Å². The van der Waals surface area contributed by atoms with Crippen molar-refractivity contribution in [1.82, 2.24) is 0 Å². The van der Waals surface area contributed by atoms with Crippen molar-refractivity contribution in [2.24, 2.45) is 0 Å². The Morgan fingerprint density at radius 2 is 2.05 bits per heavy atom. The lowest BCUT2D eigenvalue weighted by Gasteiger charge is -2.03. The molecule has 0 aliphatic rings. The number of allylic oxidation sites excluding steroid dienone is 2. The lowest BCUT2D eigenvalue weighted by Crippen LogP contribution is -2.18. The molecule has 102 valence electrons. The van der Waals surface area contributed by atoms with Crippen LogP contribution in [0.15, 0.2) is 42.5 Å². The zero-order valence-electron chi connectivity index (χ0n) is 10.6. The molecule has 0 radical (unpaired) electrons. The minimum absolute atomic E-state index is 0.0635. The first-order valence-electron chi connectivity index (χ1n) is 6.15. The fourth-order valence-corrected chi connectivity index (χ4v) is 1.62. The van der Waals surface area contributed by atoms with Crippen LogP contribution in [-0.4, -0.2) is 28.5 Å². The summed E-state index contributed by atoms with van der Waals surface area (Å²) in [4.78, 5) is 21.3. The number of benzene rings is 1. The van der Waals surface area contributed by atoms with Crippen LogP contribution in [0.4, 0.5) is 0 Å². The number of hydrogen-bond donors (Lipinski definition) is 1. The summed E-state index contributed by atoms with van der Waals surface area (Å²) in [5.41, 5.74) is 0.632. The number of nitrogens with zero attached hydrogens (tertiary/aromatic N) is 1. The Kier molecular flexibility index (Phi) is 6.46. The number of carbonyl (C=O) groups is 1. The summed E-state index contributed by atoms with van der Waals surface area (Å²) in [5.74, 6) is -0.0635. The molecule has 0 saturated carbocycles. The predicted molar refractivity (Wildman–Crippen MR) is 71.6 cm³/mol. The second-order valence-corrected chi connectivity index (χ2v) is 4.23. The summed E-state index contributed by atoms with van der Waals surface area (Å²) in [6.45, 7) is -0.424. The van der Waals surface area contributed by atoms with E-state index >= 15 is 0 Å². The van der Waals surface area contributed by atoms with E-state index in [2.05, 4.69) is 0 Å². The fraction of sp³-hybridized carbons (Fsp3) is 0.357. The van der Waals surface area contributed by atoms with Crippen LogP contribution in [-0.2, 0) is 0 Å². The smallest absolute Gasteiger partial charge is 0.229 e. The standard InChI is InChI=1S/C14H17NO4/c16-13(11-15(18)19)9-5-2-6-10-14(17)12-7-3-1-4-8-12/h1,3-4,6-8,10,13,16H,2,5,9,11H2/b10-6+/t13-/m0/s1. The molecule has 0 aromatic heterocycles. The molecule has 0 heterocycles. The summed E-state index contributed by atoms with van der Waals surface area (Å²) in [6.07, 6.45) is 3.92. The molecule has 1 rings (SSSR count). The molecule has 5 nitrogen and oxygen atoms in total. The maximum Gasteiger partial charge on any atom is 0.229 e. The van der Waals surface area contributed by atoms with Gasteiger partial charge in [-0.3, -0.25) is 14.9 Å². The molecular weight excluding hydrogens is 246 g/mol. The lowest BCUT2D eigenvalue weighted by atomic mass is 10.1. The van der Waals surface area contributed by atoms with Crippen molar-refractivity contribution in [3.63, 3.8) is 0 Å². The summed E-state index contributed by atoms with van der Waals surface area (Å²) in [6, 6.07) is 8.93. The molecule has 1 atom stereocenters. The molecule has 0 bridgehead atoms. The van der Waals surface area contributed by atoms with E-state index in [1.165, 1.54) is 6.08 Å². The number of carbonyl (C=O) groups excluding carboxylic acids is 1. The van der Waals surface area contributed by atoms with Gasteiger partial charge in [0.2, 0.25) is 6.54 Å². The second kappa shape index (κ2) is 8.16. The van der Waals surface area contributed by atoms with Crippen LogP contribution < -0.4 is 0 Å². The van der Waals surface area contributed by atoms with E-state index in [9.17, 15) is 20.0 Å². The van der Waals surface area contributed by atoms with Gasteiger partial charge in [-0.25, -0.2) is 0 Å². The highest BCUT2D eigenvalue weighted by atomic mass is 16.6. The third-order valence-electron chi connectivity index (χ3n) is 2.60. The number of aliphatic hydroxyl groups excluding tert-OH is 1. The van der Waals surface area contributed by atoms with Crippen LogP contribution >= 0.6 is 0 Å². The van der Waals surface area contributed by atoms with Gasteiger partial charge in [0.05, 0.1) is 0 Å². The average molecular weight is 263 g/mol. The van der Waals surface area contributed by atoms with E-state index in [-0.39, 0.29) is 5.78 Å². The zero-order valence-corrected chi connectivity index (χ0v) is 10.6. The quantitative estimate of drug-likeness (QED) is 0.256. The molecule has 1 aromatic rings. The van der Waals surface area contributed by atoms with E-state index in [1.807, 2.05) is 6.07 Å². The summed E-state index contributed by atoms with van der Waals surface area (Å²) in [7, 11) is 0. The van der Waals surface area contributed by atoms with Crippen LogP contribution in [0.2, 0.25) is 0 Å². The van der Waals surface area contributed by atoms with Gasteiger partial charge in [0, 0.05) is 10.5 Å². The van der Waals surface area contributed by atoms with Crippen molar-refractivity contribution < 1.29 is 14.8 Å². The number of aliphatic hydroxyl groups is 1. The highest BCUT2D eigenvalue weighted by molar-refractivity contribution is 6.04. The molecule has 0 unspecified atom stereocenters. The number of unbranched alkanes of at least 4 members (excludes halogenated alkanes) is 1. The highest BCUT2D eigenvalue weighted by Crippen LogP contribution is 2.04. The first-order valence-corrected chi connectivity index (χ1v) is 6.15. The molecule has 1 aromatic carbocycles. The predicted octanol–water partition coefficient (Wildman–Crippen LogP) is 2.23. The van der Waals surface area contributed by atoms with Crippen molar-refractivity contribution >= 4 is 5.78 Å². The highest BCUT2D eigenvalue weighted by Gasteiger charge is 2.09. The number of ketones is 1. The van der Waals surface area contributed by atoms with Crippen LogP contribution in [0, 0.1) is 10.1 Å². The third-order valence-corrected chi connectivity index (χ3v) is 2.60. The maximum atomic E-state index is 11.7. The Morgan fingerprint density at radius 3 is 2.68 bits per heavy atom. The Labute approximate surface area is 111 Å². The van der Waals surface area contributed by atoms with Crippen molar-refractivity contribution in [1.29, 1.82) is 0 Å². The first-order chi connectivity index (χ1) is 9.09. The van der Waals surface area contributed by atoms with Gasteiger partial charge >= 0.3 is 0 Å². The van der Waals surface area contributed by atoms with Gasteiger partial charge in [-0.2, -0.15) is 0 Å². The zero-order chi connectivity index (χ0) is 14.1. The minimum atomic E-state index is -0.909. The number of rotatable bonds is 8. The minimum Gasteiger partial charge on any atom is -0.386 e. The Hall–Kier alpha value is -2.01. The number of nitro groups is 1. The van der Waals surface area contributed by atoms with Crippen molar-refractivity contribution in [2.75, 3.05) is 6.54 Å². The summed E-state index contributed by atoms with van der Waals surface area (Å²) in [5, 5.41) is 19.4. The van der Waals surface area contributed by atoms with Crippen LogP contribution in [0.5, 0.6) is 0 Å². The van der Waals surface area contributed by atoms with E-state index < -0.39 is 17.6 Å². The van der Waals surface area contributed by atoms with Crippen molar-refractivity contribution in [3.05, 3.63) is 58.2 Å². The van der Waals surface area contributed by atoms with Crippen molar-refractivity contribution in [3.8, 4) is 0 Å². The maximum absolute atomic E-state index is 11.7. The summed E-state index contributed by atoms with van der Waals surface area (Å²) < 4.78 is 0. The van der Waals surface area contributed by atoms with Crippen molar-refractivity contribution in [2.45, 2.75) is 25.4 Å². The monoisotopic (exact) mass is 263 g/mol. The molecule has 5 heteroatoms. The molecule has 19 heavy (non-hydrogen) atoms. The SMILES string of the molecule is O=C(/C=C/CCC[C@H](O)C[N+](=O)[O-])c1ccccc1. The molecule has 0 spiro atoms. The van der Waals surface area contributed by atoms with E-state index in [4.69, 9.17) is 0 Å². The fourth-order valence-electron chi connectivity index (χ4n) is 1.62. The van der Waals surface area contributed by atoms with Crippen LogP contribution in [0.1, 0.15) is 29.6 Å². The largest absolute Gasteiger partial charge is 0.386 e. The van der Waals surface area contributed by atoms with Gasteiger partial charge in [-0.15, -0.1) is 0 Å². The van der Waals surface area contributed by atoms with Gasteiger partial charge in [-0.05, 0) is 25.3 Å². The Balaban J connectivity index is 2.24. The van der Waals surface area contributed by atoms with Crippen LogP contribution in [0.25, 0.3) is 0 Å². The molecule has 0 fully saturated rings. The second-order valence-electron chi connectivity index (χ2n) is 4.23. The molecule has 0 aliphatic heterocycles. The molecular formula is C14H17NO4. The lowest BCUT2D eigenvalue weighted by molar-refractivity contribution is -0.490.